The van der Waals surface area contributed by atoms with Gasteiger partial charge in [0.25, 0.3) is 5.56 Å². The number of fused-ring (bicyclic) bond motifs is 1. The molecule has 0 bridgehead atoms. The predicted molar refractivity (Wildman–Crippen MR) is 79.5 cm³/mol. The highest BCUT2D eigenvalue weighted by Gasteiger charge is 2.13. The highest BCUT2D eigenvalue weighted by molar-refractivity contribution is 7.17. The van der Waals surface area contributed by atoms with Crippen molar-refractivity contribution in [3.05, 3.63) is 38.4 Å². The largest absolute Gasteiger partial charge is 0.481 e. The zero-order valence-corrected chi connectivity index (χ0v) is 11.9. The minimum absolute atomic E-state index is 0.0444. The highest BCUT2D eigenvalue weighted by atomic mass is 32.1. The van der Waals surface area contributed by atoms with E-state index in [4.69, 9.17) is 5.11 Å². The number of rotatable bonds is 4. The van der Waals surface area contributed by atoms with Crippen LogP contribution in [0.5, 0.6) is 0 Å². The van der Waals surface area contributed by atoms with Gasteiger partial charge < -0.3 is 10.1 Å². The first-order chi connectivity index (χ1) is 9.65. The molecule has 2 N–H and O–H groups in total. The molecular weight excluding hydrogens is 296 g/mol. The van der Waals surface area contributed by atoms with Crippen molar-refractivity contribution in [3.63, 3.8) is 0 Å². The number of hydrogen-bond donors (Lipinski definition) is 2. The molecule has 0 saturated heterocycles. The molecule has 102 valence electrons. The van der Waals surface area contributed by atoms with Gasteiger partial charge in [-0.25, -0.2) is 4.98 Å². The molecule has 5 nitrogen and oxygen atoms in total. The van der Waals surface area contributed by atoms with Crippen LogP contribution in [-0.2, 0) is 11.2 Å². The number of H-pyrrole nitrogens is 1. The number of aromatic amines is 1. The third-order valence-corrected chi connectivity index (χ3v) is 4.46. The van der Waals surface area contributed by atoms with Crippen molar-refractivity contribution in [2.24, 2.45) is 0 Å². The van der Waals surface area contributed by atoms with Crippen molar-refractivity contribution in [2.45, 2.75) is 12.8 Å². The zero-order valence-electron chi connectivity index (χ0n) is 10.3. The van der Waals surface area contributed by atoms with E-state index < -0.39 is 5.97 Å². The van der Waals surface area contributed by atoms with Crippen molar-refractivity contribution in [2.75, 3.05) is 0 Å². The van der Waals surface area contributed by atoms with Crippen LogP contribution in [0.1, 0.15) is 12.2 Å². The van der Waals surface area contributed by atoms with Gasteiger partial charge in [-0.1, -0.05) is 0 Å². The Bertz CT molecular complexity index is 818. The Morgan fingerprint density at radius 3 is 2.95 bits per heavy atom. The van der Waals surface area contributed by atoms with Gasteiger partial charge in [0.15, 0.2) is 0 Å². The van der Waals surface area contributed by atoms with Crippen LogP contribution in [0.15, 0.2) is 27.0 Å². The van der Waals surface area contributed by atoms with Gasteiger partial charge in [-0.05, 0) is 22.4 Å². The Hall–Kier alpha value is -1.99. The van der Waals surface area contributed by atoms with Crippen LogP contribution >= 0.6 is 22.7 Å². The zero-order chi connectivity index (χ0) is 14.1. The van der Waals surface area contributed by atoms with E-state index in [-0.39, 0.29) is 18.4 Å². The summed E-state index contributed by atoms with van der Waals surface area (Å²) in [4.78, 5) is 30.4. The van der Waals surface area contributed by atoms with E-state index in [2.05, 4.69) is 9.97 Å². The van der Waals surface area contributed by atoms with Crippen LogP contribution in [0, 0.1) is 0 Å². The molecule has 0 aliphatic heterocycles. The maximum absolute atomic E-state index is 12.2. The van der Waals surface area contributed by atoms with Crippen LogP contribution in [0.4, 0.5) is 0 Å². The average Bonchev–Trinajstić information content (AvgIpc) is 3.04. The minimum atomic E-state index is -0.905. The molecule has 0 unspecified atom stereocenters. The number of carboxylic acid groups (broad SMARTS) is 1. The Labute approximate surface area is 121 Å². The number of aryl methyl sites for hydroxylation is 1. The van der Waals surface area contributed by atoms with Crippen LogP contribution in [0.2, 0.25) is 0 Å². The number of carbonyl (C=O) groups is 1. The van der Waals surface area contributed by atoms with Gasteiger partial charge in [-0.2, -0.15) is 11.3 Å². The topological polar surface area (TPSA) is 83.0 Å². The van der Waals surface area contributed by atoms with E-state index in [1.54, 1.807) is 11.3 Å². The summed E-state index contributed by atoms with van der Waals surface area (Å²) in [5, 5.41) is 15.1. The third-order valence-electron chi connectivity index (χ3n) is 2.90. The summed E-state index contributed by atoms with van der Waals surface area (Å²) in [5.41, 5.74) is 1.68. The first-order valence-electron chi connectivity index (χ1n) is 5.90. The van der Waals surface area contributed by atoms with Crippen molar-refractivity contribution in [1.82, 2.24) is 9.97 Å². The monoisotopic (exact) mass is 306 g/mol. The molecular formula is C13H10N2O3S2. The molecule has 0 amide bonds. The van der Waals surface area contributed by atoms with E-state index in [9.17, 15) is 9.59 Å². The molecule has 0 aliphatic rings. The molecule has 0 aromatic carbocycles. The average molecular weight is 306 g/mol. The van der Waals surface area contributed by atoms with E-state index >= 15 is 0 Å². The van der Waals surface area contributed by atoms with Crippen LogP contribution in [0.3, 0.4) is 0 Å². The number of nitrogens with one attached hydrogen (secondary N) is 1. The lowest BCUT2D eigenvalue weighted by atomic mass is 10.1. The first kappa shape index (κ1) is 13.0. The quantitative estimate of drug-likeness (QED) is 0.776. The Balaban J connectivity index is 2.07. The summed E-state index contributed by atoms with van der Waals surface area (Å²) < 4.78 is 0. The summed E-state index contributed by atoms with van der Waals surface area (Å²) in [7, 11) is 0. The number of thiophene rings is 2. The van der Waals surface area contributed by atoms with Gasteiger partial charge in [0.2, 0.25) is 0 Å². The summed E-state index contributed by atoms with van der Waals surface area (Å²) >= 11 is 2.97. The normalized spacial score (nSPS) is 11.0. The maximum atomic E-state index is 12.2. The number of hydrogen-bond acceptors (Lipinski definition) is 5. The molecule has 3 aromatic heterocycles. The number of nitrogens with zero attached hydrogens (tertiary/aromatic N) is 1. The molecule has 7 heteroatoms. The minimum Gasteiger partial charge on any atom is -0.481 e. The lowest BCUT2D eigenvalue weighted by Gasteiger charge is -1.99. The fourth-order valence-corrected chi connectivity index (χ4v) is 3.59. The van der Waals surface area contributed by atoms with Crippen molar-refractivity contribution >= 4 is 38.9 Å². The molecule has 0 spiro atoms. The summed E-state index contributed by atoms with van der Waals surface area (Å²) in [6, 6.07) is 1.96. The number of aliphatic carboxylic acids is 1. The fraction of sp³-hybridized carbons (Fsp3) is 0.154. The van der Waals surface area contributed by atoms with Gasteiger partial charge in [0.1, 0.15) is 10.7 Å². The highest BCUT2D eigenvalue weighted by Crippen LogP contribution is 2.31. The van der Waals surface area contributed by atoms with Gasteiger partial charge >= 0.3 is 5.97 Å². The molecule has 3 aromatic rings. The standard InChI is InChI=1S/C13H10N2O3S2/c16-10(17)2-1-9-14-12(18)11-8(6-20-13(11)15-9)7-3-4-19-5-7/h3-6H,1-2H2,(H,16,17)(H,14,15,18). The lowest BCUT2D eigenvalue weighted by molar-refractivity contribution is -0.137. The summed E-state index contributed by atoms with van der Waals surface area (Å²) in [5.74, 6) is -0.485. The third kappa shape index (κ3) is 2.37. The van der Waals surface area contributed by atoms with Crippen molar-refractivity contribution in [3.8, 4) is 11.1 Å². The van der Waals surface area contributed by atoms with E-state index in [1.807, 2.05) is 22.2 Å². The van der Waals surface area contributed by atoms with Crippen LogP contribution < -0.4 is 5.56 Å². The second-order valence-corrected chi connectivity index (χ2v) is 5.89. The number of carboxylic acids is 1. The smallest absolute Gasteiger partial charge is 0.303 e. The first-order valence-corrected chi connectivity index (χ1v) is 7.72. The van der Waals surface area contributed by atoms with Crippen LogP contribution in [-0.4, -0.2) is 21.0 Å². The van der Waals surface area contributed by atoms with Gasteiger partial charge in [-0.15, -0.1) is 11.3 Å². The molecule has 3 heterocycles. The summed E-state index contributed by atoms with van der Waals surface area (Å²) in [6.07, 6.45) is 0.184. The molecule has 0 atom stereocenters. The molecule has 20 heavy (non-hydrogen) atoms. The molecule has 0 radical (unpaired) electrons. The Morgan fingerprint density at radius 2 is 2.25 bits per heavy atom. The molecule has 0 saturated carbocycles. The Kier molecular flexibility index (Phi) is 3.37. The van der Waals surface area contributed by atoms with Gasteiger partial charge in [-0.3, -0.25) is 9.59 Å². The van der Waals surface area contributed by atoms with Crippen molar-refractivity contribution < 1.29 is 9.90 Å². The lowest BCUT2D eigenvalue weighted by Crippen LogP contribution is -2.12. The van der Waals surface area contributed by atoms with Gasteiger partial charge in [0, 0.05) is 17.4 Å². The molecule has 0 fully saturated rings. The molecule has 0 aliphatic carbocycles. The van der Waals surface area contributed by atoms with E-state index in [1.165, 1.54) is 11.3 Å². The van der Waals surface area contributed by atoms with Gasteiger partial charge in [0.05, 0.1) is 11.8 Å². The predicted octanol–water partition coefficient (Wildman–Crippen LogP) is 2.73. The maximum Gasteiger partial charge on any atom is 0.303 e. The fourth-order valence-electron chi connectivity index (χ4n) is 1.97. The second-order valence-electron chi connectivity index (χ2n) is 4.25. The molecule has 3 rings (SSSR count). The number of aromatic nitrogens is 2. The van der Waals surface area contributed by atoms with E-state index in [0.717, 1.165) is 11.1 Å². The Morgan fingerprint density at radius 1 is 1.40 bits per heavy atom. The second kappa shape index (κ2) is 5.18. The summed E-state index contributed by atoms with van der Waals surface area (Å²) in [6.45, 7) is 0. The SMILES string of the molecule is O=C(O)CCc1nc2scc(-c3ccsc3)c2c(=O)[nH]1. The van der Waals surface area contributed by atoms with Crippen LogP contribution in [0.25, 0.3) is 21.3 Å². The van der Waals surface area contributed by atoms with E-state index in [0.29, 0.717) is 16.0 Å². The van der Waals surface area contributed by atoms with Crippen molar-refractivity contribution in [1.29, 1.82) is 0 Å².